The lowest BCUT2D eigenvalue weighted by Gasteiger charge is -2.34. The van der Waals surface area contributed by atoms with E-state index < -0.39 is 18.0 Å². The van der Waals surface area contributed by atoms with Crippen LogP contribution in [0.5, 0.6) is 17.2 Å². The summed E-state index contributed by atoms with van der Waals surface area (Å²) in [5, 5.41) is 1.45. The third-order valence-electron chi connectivity index (χ3n) is 5.50. The molecule has 0 radical (unpaired) electrons. The third-order valence-corrected chi connectivity index (χ3v) is 5.50. The van der Waals surface area contributed by atoms with E-state index in [1.165, 1.54) is 6.92 Å². The Morgan fingerprint density at radius 2 is 1.80 bits per heavy atom. The second-order valence-corrected chi connectivity index (χ2v) is 8.30. The number of hydrogen-bond acceptors (Lipinski definition) is 6. The predicted octanol–water partition coefficient (Wildman–Crippen LogP) is 4.57. The van der Waals surface area contributed by atoms with Gasteiger partial charge in [-0.1, -0.05) is 44.5 Å². The summed E-state index contributed by atoms with van der Waals surface area (Å²) in [5.41, 5.74) is 6.47. The number of nitrogens with two attached hydrogens (primary N) is 1. The lowest BCUT2D eigenvalue weighted by atomic mass is 9.91. The van der Waals surface area contributed by atoms with E-state index >= 15 is 0 Å². The molecule has 0 aliphatic carbocycles. The van der Waals surface area contributed by atoms with Crippen LogP contribution in [-0.4, -0.2) is 23.6 Å². The summed E-state index contributed by atoms with van der Waals surface area (Å²) >= 11 is 0. The Morgan fingerprint density at radius 1 is 1.17 bits per heavy atom. The Morgan fingerprint density at radius 3 is 2.40 bits per heavy atom. The van der Waals surface area contributed by atoms with Crippen LogP contribution in [0.4, 0.5) is 0 Å². The predicted molar refractivity (Wildman–Crippen MR) is 119 cm³/mol. The number of halogens is 1. The zero-order valence-electron chi connectivity index (χ0n) is 18.1. The number of fused-ring (bicyclic) bond motifs is 3. The highest BCUT2D eigenvalue weighted by atomic mass is 35.5. The van der Waals surface area contributed by atoms with Crippen LogP contribution in [0.2, 0.25) is 0 Å². The molecule has 2 aromatic carbocycles. The standard InChI is InChI=1S/C23H29NO5.ClH/c1-6-13(2)18(24)22(26)28-20-16-10-8-7-9-15(16)19-17(21(20)27-14(3)25)11-12-23(4,5)29-19;/h7-10,13,18H,6,11-12,24H2,1-5H3;1H/t13-,18-;/m0./s1. The van der Waals surface area contributed by atoms with Gasteiger partial charge in [-0.05, 0) is 32.6 Å². The minimum atomic E-state index is -0.768. The van der Waals surface area contributed by atoms with Crippen molar-refractivity contribution in [3.8, 4) is 17.2 Å². The molecule has 2 aromatic rings. The number of ether oxygens (including phenoxy) is 3. The molecule has 2 N–H and O–H groups in total. The average Bonchev–Trinajstić information content (AvgIpc) is 2.68. The van der Waals surface area contributed by atoms with Crippen molar-refractivity contribution in [1.82, 2.24) is 0 Å². The minimum Gasteiger partial charge on any atom is -0.487 e. The van der Waals surface area contributed by atoms with Crippen LogP contribution in [0.15, 0.2) is 24.3 Å². The van der Waals surface area contributed by atoms with Crippen molar-refractivity contribution in [1.29, 1.82) is 0 Å². The Kier molecular flexibility index (Phi) is 7.37. The van der Waals surface area contributed by atoms with Crippen molar-refractivity contribution in [3.05, 3.63) is 29.8 Å². The fourth-order valence-corrected chi connectivity index (χ4v) is 3.51. The Hall–Kier alpha value is -2.31. The van der Waals surface area contributed by atoms with E-state index in [2.05, 4.69) is 0 Å². The molecule has 0 saturated heterocycles. The quantitative estimate of drug-likeness (QED) is 0.546. The van der Waals surface area contributed by atoms with Crippen molar-refractivity contribution in [2.24, 2.45) is 11.7 Å². The maximum atomic E-state index is 12.7. The second kappa shape index (κ2) is 9.23. The van der Waals surface area contributed by atoms with Crippen molar-refractivity contribution in [3.63, 3.8) is 0 Å². The molecule has 164 valence electrons. The van der Waals surface area contributed by atoms with Gasteiger partial charge in [0, 0.05) is 23.3 Å². The monoisotopic (exact) mass is 435 g/mol. The number of carbonyl (C=O) groups excluding carboxylic acids is 2. The maximum absolute atomic E-state index is 12.7. The molecule has 0 spiro atoms. The zero-order chi connectivity index (χ0) is 21.3. The minimum absolute atomic E-state index is 0. The van der Waals surface area contributed by atoms with Gasteiger partial charge in [-0.15, -0.1) is 12.4 Å². The molecule has 0 bridgehead atoms. The first-order valence-corrected chi connectivity index (χ1v) is 10.1. The molecular weight excluding hydrogens is 406 g/mol. The summed E-state index contributed by atoms with van der Waals surface area (Å²) < 4.78 is 17.6. The number of hydrogen-bond donors (Lipinski definition) is 1. The van der Waals surface area contributed by atoms with Gasteiger partial charge in [0.15, 0.2) is 11.5 Å². The van der Waals surface area contributed by atoms with Gasteiger partial charge in [0.25, 0.3) is 0 Å². The highest BCUT2D eigenvalue weighted by Gasteiger charge is 2.34. The molecule has 0 amide bonds. The summed E-state index contributed by atoms with van der Waals surface area (Å²) in [6, 6.07) is 6.71. The molecule has 0 unspecified atom stereocenters. The molecule has 2 atom stereocenters. The summed E-state index contributed by atoms with van der Waals surface area (Å²) in [4.78, 5) is 24.6. The van der Waals surface area contributed by atoms with Gasteiger partial charge >= 0.3 is 11.9 Å². The van der Waals surface area contributed by atoms with E-state index in [4.69, 9.17) is 19.9 Å². The molecule has 1 heterocycles. The van der Waals surface area contributed by atoms with E-state index in [1.54, 1.807) is 0 Å². The highest BCUT2D eigenvalue weighted by molar-refractivity contribution is 6.00. The normalized spacial score (nSPS) is 16.5. The van der Waals surface area contributed by atoms with E-state index in [1.807, 2.05) is 52.0 Å². The van der Waals surface area contributed by atoms with Crippen molar-refractivity contribution in [2.45, 2.75) is 65.5 Å². The van der Waals surface area contributed by atoms with E-state index in [0.29, 0.717) is 17.6 Å². The van der Waals surface area contributed by atoms with Crippen LogP contribution in [0.3, 0.4) is 0 Å². The second-order valence-electron chi connectivity index (χ2n) is 8.30. The number of rotatable bonds is 5. The average molecular weight is 436 g/mol. The van der Waals surface area contributed by atoms with Gasteiger partial charge in [-0.25, -0.2) is 4.79 Å². The highest BCUT2D eigenvalue weighted by Crippen LogP contribution is 2.50. The van der Waals surface area contributed by atoms with E-state index in [-0.39, 0.29) is 35.4 Å². The Balaban J connectivity index is 0.00000320. The van der Waals surface area contributed by atoms with E-state index in [9.17, 15) is 9.59 Å². The molecule has 0 fully saturated rings. The smallest absolute Gasteiger partial charge is 0.328 e. The third kappa shape index (κ3) is 4.71. The number of benzene rings is 2. The molecular formula is C23H30ClNO5. The van der Waals surface area contributed by atoms with Crippen molar-refractivity contribution < 1.29 is 23.8 Å². The lowest BCUT2D eigenvalue weighted by Crippen LogP contribution is -2.39. The first-order chi connectivity index (χ1) is 13.6. The summed E-state index contributed by atoms with van der Waals surface area (Å²) in [5.74, 6) is 0.0607. The molecule has 0 saturated carbocycles. The van der Waals surface area contributed by atoms with Crippen LogP contribution in [0.25, 0.3) is 10.8 Å². The number of esters is 2. The van der Waals surface area contributed by atoms with Crippen LogP contribution >= 0.6 is 12.4 Å². The molecule has 1 aliphatic rings. The van der Waals surface area contributed by atoms with Gasteiger partial charge in [-0.3, -0.25) is 4.79 Å². The zero-order valence-corrected chi connectivity index (χ0v) is 18.9. The molecule has 7 heteroatoms. The maximum Gasteiger partial charge on any atom is 0.328 e. The van der Waals surface area contributed by atoms with Gasteiger partial charge in [0.2, 0.25) is 0 Å². The Bertz CT molecular complexity index is 956. The fourth-order valence-electron chi connectivity index (χ4n) is 3.51. The molecule has 6 nitrogen and oxygen atoms in total. The van der Waals surface area contributed by atoms with Crippen molar-refractivity contribution >= 4 is 35.1 Å². The molecule has 1 aliphatic heterocycles. The lowest BCUT2D eigenvalue weighted by molar-refractivity contribution is -0.138. The van der Waals surface area contributed by atoms with Crippen LogP contribution < -0.4 is 19.9 Å². The number of carbonyl (C=O) groups is 2. The van der Waals surface area contributed by atoms with Gasteiger partial charge in [-0.2, -0.15) is 0 Å². The van der Waals surface area contributed by atoms with Crippen LogP contribution in [-0.2, 0) is 16.0 Å². The molecule has 30 heavy (non-hydrogen) atoms. The van der Waals surface area contributed by atoms with Gasteiger partial charge in [0.1, 0.15) is 17.4 Å². The molecule has 3 rings (SSSR count). The van der Waals surface area contributed by atoms with Gasteiger partial charge in [0.05, 0.1) is 0 Å². The van der Waals surface area contributed by atoms with Crippen LogP contribution in [0.1, 0.15) is 53.0 Å². The summed E-state index contributed by atoms with van der Waals surface area (Å²) in [6.45, 7) is 9.24. The fraction of sp³-hybridized carbons (Fsp3) is 0.478. The van der Waals surface area contributed by atoms with E-state index in [0.717, 1.165) is 23.8 Å². The summed E-state index contributed by atoms with van der Waals surface area (Å²) in [7, 11) is 0. The van der Waals surface area contributed by atoms with Crippen LogP contribution in [0, 0.1) is 5.92 Å². The first kappa shape index (κ1) is 24.0. The van der Waals surface area contributed by atoms with Gasteiger partial charge < -0.3 is 19.9 Å². The largest absolute Gasteiger partial charge is 0.487 e. The summed E-state index contributed by atoms with van der Waals surface area (Å²) in [6.07, 6.45) is 2.13. The SMILES string of the molecule is CC[C@H](C)[C@H](N)C(=O)Oc1c(OC(C)=O)c2c(c3ccccc13)OC(C)(C)CC2.Cl. The molecule has 0 aromatic heterocycles. The Labute approximate surface area is 183 Å². The van der Waals surface area contributed by atoms with Crippen molar-refractivity contribution in [2.75, 3.05) is 0 Å². The first-order valence-electron chi connectivity index (χ1n) is 10.1. The topological polar surface area (TPSA) is 87.9 Å².